The van der Waals surface area contributed by atoms with Gasteiger partial charge in [-0.2, -0.15) is 0 Å². The van der Waals surface area contributed by atoms with E-state index in [9.17, 15) is 10.1 Å². The molecule has 2 aromatic carbocycles. The molecule has 0 unspecified atom stereocenters. The standard InChI is InChI=1S/C14H11BrClNO3/c1-9-2-5-12(16)14(6-9)20-8-10-3-4-11(15)13(7-10)17(18)19/h2-7H,8H2,1H3. The molecule has 0 N–H and O–H groups in total. The highest BCUT2D eigenvalue weighted by molar-refractivity contribution is 9.10. The normalized spacial score (nSPS) is 10.3. The highest BCUT2D eigenvalue weighted by Crippen LogP contribution is 2.28. The molecular formula is C14H11BrClNO3. The minimum atomic E-state index is -0.437. The number of aryl methyl sites for hydroxylation is 1. The maximum atomic E-state index is 10.9. The number of benzene rings is 2. The lowest BCUT2D eigenvalue weighted by Crippen LogP contribution is -1.98. The van der Waals surface area contributed by atoms with Crippen molar-refractivity contribution < 1.29 is 9.66 Å². The highest BCUT2D eigenvalue weighted by atomic mass is 79.9. The zero-order valence-corrected chi connectivity index (χ0v) is 12.9. The van der Waals surface area contributed by atoms with Gasteiger partial charge in [-0.3, -0.25) is 10.1 Å². The van der Waals surface area contributed by atoms with E-state index in [2.05, 4.69) is 15.9 Å². The molecule has 0 fully saturated rings. The predicted molar refractivity (Wildman–Crippen MR) is 81.3 cm³/mol. The van der Waals surface area contributed by atoms with Crippen molar-refractivity contribution in [1.82, 2.24) is 0 Å². The van der Waals surface area contributed by atoms with Crippen molar-refractivity contribution in [2.24, 2.45) is 0 Å². The van der Waals surface area contributed by atoms with E-state index < -0.39 is 4.92 Å². The highest BCUT2D eigenvalue weighted by Gasteiger charge is 2.12. The Kier molecular flexibility index (Phi) is 4.62. The number of hydrogen-bond donors (Lipinski definition) is 0. The summed E-state index contributed by atoms with van der Waals surface area (Å²) in [5, 5.41) is 11.4. The van der Waals surface area contributed by atoms with E-state index in [1.54, 1.807) is 18.2 Å². The Labute approximate surface area is 129 Å². The lowest BCUT2D eigenvalue weighted by atomic mass is 10.2. The first kappa shape index (κ1) is 14.8. The van der Waals surface area contributed by atoms with Gasteiger partial charge in [0.15, 0.2) is 0 Å². The summed E-state index contributed by atoms with van der Waals surface area (Å²) in [7, 11) is 0. The molecule has 0 spiro atoms. The van der Waals surface area contributed by atoms with Crippen molar-refractivity contribution in [3.63, 3.8) is 0 Å². The number of halogens is 2. The average molecular weight is 357 g/mol. The van der Waals surface area contributed by atoms with Gasteiger partial charge in [-0.25, -0.2) is 0 Å². The van der Waals surface area contributed by atoms with Gasteiger partial charge in [0.25, 0.3) is 5.69 Å². The van der Waals surface area contributed by atoms with E-state index in [4.69, 9.17) is 16.3 Å². The van der Waals surface area contributed by atoms with Crippen LogP contribution in [0.4, 0.5) is 5.69 Å². The van der Waals surface area contributed by atoms with Crippen LogP contribution in [-0.4, -0.2) is 4.92 Å². The summed E-state index contributed by atoms with van der Waals surface area (Å²) in [4.78, 5) is 10.4. The Morgan fingerprint density at radius 3 is 2.75 bits per heavy atom. The second-order valence-corrected chi connectivity index (χ2v) is 5.53. The molecule has 0 aliphatic carbocycles. The van der Waals surface area contributed by atoms with Crippen molar-refractivity contribution in [3.8, 4) is 5.75 Å². The summed E-state index contributed by atoms with van der Waals surface area (Å²) in [6.07, 6.45) is 0. The van der Waals surface area contributed by atoms with Gasteiger partial charge in [0.2, 0.25) is 0 Å². The molecule has 4 nitrogen and oxygen atoms in total. The third-order valence-corrected chi connectivity index (χ3v) is 3.67. The van der Waals surface area contributed by atoms with Crippen molar-refractivity contribution in [3.05, 3.63) is 67.1 Å². The fourth-order valence-electron chi connectivity index (χ4n) is 1.67. The number of hydrogen-bond acceptors (Lipinski definition) is 3. The summed E-state index contributed by atoms with van der Waals surface area (Å²) in [6, 6.07) is 10.4. The number of nitrogens with zero attached hydrogens (tertiary/aromatic N) is 1. The van der Waals surface area contributed by atoms with Gasteiger partial charge in [-0.15, -0.1) is 0 Å². The van der Waals surface area contributed by atoms with Crippen LogP contribution in [0, 0.1) is 17.0 Å². The van der Waals surface area contributed by atoms with Gasteiger partial charge < -0.3 is 4.74 Å². The van der Waals surface area contributed by atoms with E-state index in [0.717, 1.165) is 5.56 Å². The van der Waals surface area contributed by atoms with Crippen LogP contribution in [0.15, 0.2) is 40.9 Å². The molecule has 0 heterocycles. The molecule has 0 aromatic heterocycles. The summed E-state index contributed by atoms with van der Waals surface area (Å²) in [6.45, 7) is 2.16. The third-order valence-electron chi connectivity index (χ3n) is 2.69. The SMILES string of the molecule is Cc1ccc(Cl)c(OCc2ccc(Br)c([N+](=O)[O-])c2)c1. The monoisotopic (exact) mass is 355 g/mol. The molecule has 0 aliphatic heterocycles. The van der Waals surface area contributed by atoms with Gasteiger partial charge in [0, 0.05) is 6.07 Å². The number of rotatable bonds is 4. The first-order valence-corrected chi connectivity index (χ1v) is 6.96. The molecule has 0 aliphatic rings. The molecule has 0 saturated heterocycles. The smallest absolute Gasteiger partial charge is 0.283 e. The second kappa shape index (κ2) is 6.24. The van der Waals surface area contributed by atoms with Crippen LogP contribution in [0.1, 0.15) is 11.1 Å². The molecule has 6 heteroatoms. The van der Waals surface area contributed by atoms with Crippen LogP contribution in [0.2, 0.25) is 5.02 Å². The molecule has 0 radical (unpaired) electrons. The van der Waals surface area contributed by atoms with E-state index in [1.807, 2.05) is 19.1 Å². The zero-order valence-electron chi connectivity index (χ0n) is 10.6. The maximum Gasteiger partial charge on any atom is 0.283 e. The number of nitro benzene ring substituents is 1. The van der Waals surface area contributed by atoms with E-state index in [0.29, 0.717) is 20.8 Å². The Bertz CT molecular complexity index is 661. The number of ether oxygens (including phenoxy) is 1. The Hall–Kier alpha value is -1.59. The molecule has 0 bridgehead atoms. The molecule has 0 atom stereocenters. The van der Waals surface area contributed by atoms with Gasteiger partial charge in [0.1, 0.15) is 12.4 Å². The topological polar surface area (TPSA) is 52.4 Å². The quantitative estimate of drug-likeness (QED) is 0.578. The largest absolute Gasteiger partial charge is 0.487 e. The minimum absolute atomic E-state index is 0.0152. The summed E-state index contributed by atoms with van der Waals surface area (Å²) in [5.41, 5.74) is 1.75. The van der Waals surface area contributed by atoms with Gasteiger partial charge in [-0.1, -0.05) is 23.7 Å². The van der Waals surface area contributed by atoms with E-state index >= 15 is 0 Å². The Morgan fingerprint density at radius 2 is 2.05 bits per heavy atom. The van der Waals surface area contributed by atoms with Crippen molar-refractivity contribution in [2.45, 2.75) is 13.5 Å². The Morgan fingerprint density at radius 1 is 1.30 bits per heavy atom. The minimum Gasteiger partial charge on any atom is -0.487 e. The molecule has 2 aromatic rings. The molecule has 104 valence electrons. The van der Waals surface area contributed by atoms with E-state index in [-0.39, 0.29) is 12.3 Å². The lowest BCUT2D eigenvalue weighted by Gasteiger charge is -2.09. The fourth-order valence-corrected chi connectivity index (χ4v) is 2.23. The zero-order chi connectivity index (χ0) is 14.7. The van der Waals surface area contributed by atoms with Crippen LogP contribution in [0.25, 0.3) is 0 Å². The summed E-state index contributed by atoms with van der Waals surface area (Å²) >= 11 is 9.17. The first-order chi connectivity index (χ1) is 9.47. The predicted octanol–water partition coefficient (Wildman–Crippen LogP) is 4.90. The van der Waals surface area contributed by atoms with E-state index in [1.165, 1.54) is 6.07 Å². The van der Waals surface area contributed by atoms with Crippen molar-refractivity contribution >= 4 is 33.2 Å². The molecular weight excluding hydrogens is 346 g/mol. The van der Waals surface area contributed by atoms with Gasteiger partial charge in [0.05, 0.1) is 14.4 Å². The van der Waals surface area contributed by atoms with Crippen LogP contribution in [-0.2, 0) is 6.61 Å². The fraction of sp³-hybridized carbons (Fsp3) is 0.143. The lowest BCUT2D eigenvalue weighted by molar-refractivity contribution is -0.385. The van der Waals surface area contributed by atoms with Gasteiger partial charge >= 0.3 is 0 Å². The van der Waals surface area contributed by atoms with Crippen LogP contribution >= 0.6 is 27.5 Å². The van der Waals surface area contributed by atoms with Crippen molar-refractivity contribution in [2.75, 3.05) is 0 Å². The second-order valence-electron chi connectivity index (χ2n) is 4.27. The van der Waals surface area contributed by atoms with Crippen molar-refractivity contribution in [1.29, 1.82) is 0 Å². The summed E-state index contributed by atoms with van der Waals surface area (Å²) in [5.74, 6) is 0.567. The van der Waals surface area contributed by atoms with Crippen LogP contribution in [0.3, 0.4) is 0 Å². The molecule has 0 saturated carbocycles. The third kappa shape index (κ3) is 3.49. The molecule has 20 heavy (non-hydrogen) atoms. The number of nitro groups is 1. The molecule has 0 amide bonds. The summed E-state index contributed by atoms with van der Waals surface area (Å²) < 4.78 is 6.05. The Balaban J connectivity index is 2.17. The van der Waals surface area contributed by atoms with Crippen LogP contribution < -0.4 is 4.74 Å². The first-order valence-electron chi connectivity index (χ1n) is 5.79. The molecule has 2 rings (SSSR count). The average Bonchev–Trinajstić information content (AvgIpc) is 2.41. The van der Waals surface area contributed by atoms with Crippen LogP contribution in [0.5, 0.6) is 5.75 Å². The van der Waals surface area contributed by atoms with Gasteiger partial charge in [-0.05, 0) is 52.2 Å². The maximum absolute atomic E-state index is 10.9.